The molecule has 1 aliphatic carbocycles. The van der Waals surface area contributed by atoms with Crippen molar-refractivity contribution in [2.24, 2.45) is 0 Å². The standard InChI is InChI=1S/C37H34S2/c1-24(29-16-9-12-27-11-5-4-6-15-33(27)29)19-22-35(38)37-18-10-17-36(39-37)28-20-21-32-25(2)30-13-7-8-14-31(30)26(3)34(32)23-28/h4-5,7-9,11-16,18-23,36,38H,6,10,17H2,1-3H3/b24-19+,35-22-. The molecular weight excluding hydrogens is 509 g/mol. The molecular formula is C37H34S2. The topological polar surface area (TPSA) is 0 Å². The Hall–Kier alpha value is -3.20. The van der Waals surface area contributed by atoms with Gasteiger partial charge < -0.3 is 0 Å². The molecule has 0 spiro atoms. The van der Waals surface area contributed by atoms with Crippen LogP contribution in [0.15, 0.2) is 101 Å². The van der Waals surface area contributed by atoms with E-state index in [0.717, 1.165) is 24.2 Å². The van der Waals surface area contributed by atoms with Crippen LogP contribution in [0.3, 0.4) is 0 Å². The summed E-state index contributed by atoms with van der Waals surface area (Å²) in [6, 6.07) is 22.5. The summed E-state index contributed by atoms with van der Waals surface area (Å²) in [7, 11) is 0. The number of fused-ring (bicyclic) bond motifs is 3. The van der Waals surface area contributed by atoms with E-state index in [9.17, 15) is 0 Å². The third-order valence-corrected chi connectivity index (χ3v) is 10.1. The molecule has 0 radical (unpaired) electrons. The first-order valence-electron chi connectivity index (χ1n) is 13.8. The van der Waals surface area contributed by atoms with E-state index in [1.165, 1.54) is 64.7 Å². The lowest BCUT2D eigenvalue weighted by Gasteiger charge is -2.24. The van der Waals surface area contributed by atoms with Crippen molar-refractivity contribution >= 4 is 63.7 Å². The van der Waals surface area contributed by atoms with E-state index in [4.69, 9.17) is 12.6 Å². The molecule has 1 heterocycles. The second-order valence-electron chi connectivity index (χ2n) is 10.6. The van der Waals surface area contributed by atoms with E-state index in [1.807, 2.05) is 11.8 Å². The van der Waals surface area contributed by atoms with E-state index in [2.05, 4.69) is 124 Å². The molecule has 0 saturated heterocycles. The molecule has 0 N–H and O–H groups in total. The third kappa shape index (κ3) is 5.09. The smallest absolute Gasteiger partial charge is 0.0348 e. The van der Waals surface area contributed by atoms with Crippen LogP contribution in [0.4, 0.5) is 0 Å². The van der Waals surface area contributed by atoms with Crippen LogP contribution in [-0.4, -0.2) is 0 Å². The van der Waals surface area contributed by atoms with Crippen LogP contribution < -0.4 is 10.4 Å². The van der Waals surface area contributed by atoms with Gasteiger partial charge in [-0.15, -0.1) is 24.4 Å². The molecule has 6 rings (SSSR count). The SMILES string of the molecule is C/C(=C\C=C(/S)C1=CCCC(c2ccc3c(C)c4ccccc4c(C)c3c2)S1)c1cccc2c1=CCC=CC=2. The predicted octanol–water partition coefficient (Wildman–Crippen LogP) is 9.50. The van der Waals surface area contributed by atoms with Gasteiger partial charge in [0.25, 0.3) is 0 Å². The van der Waals surface area contributed by atoms with E-state index in [1.54, 1.807) is 0 Å². The maximum atomic E-state index is 4.96. The van der Waals surface area contributed by atoms with Gasteiger partial charge in [0.1, 0.15) is 0 Å². The lowest BCUT2D eigenvalue weighted by Crippen LogP contribution is -2.27. The number of hydrogen-bond acceptors (Lipinski definition) is 2. The number of thioether (sulfide) groups is 1. The zero-order valence-electron chi connectivity index (χ0n) is 22.9. The van der Waals surface area contributed by atoms with Crippen molar-refractivity contribution < 1.29 is 0 Å². The molecule has 0 aromatic heterocycles. The first-order valence-corrected chi connectivity index (χ1v) is 15.2. The molecule has 1 aliphatic heterocycles. The number of hydrogen-bond donors (Lipinski definition) is 1. The summed E-state index contributed by atoms with van der Waals surface area (Å²) in [5.41, 5.74) is 6.72. The Bertz CT molecular complexity index is 1850. The minimum atomic E-state index is 0.434. The molecule has 4 aromatic carbocycles. The molecule has 2 aliphatic rings. The van der Waals surface area contributed by atoms with Gasteiger partial charge in [0.05, 0.1) is 0 Å². The maximum absolute atomic E-state index is 4.96. The lowest BCUT2D eigenvalue weighted by molar-refractivity contribution is 0.815. The molecule has 4 aromatic rings. The van der Waals surface area contributed by atoms with Gasteiger partial charge in [0, 0.05) is 15.1 Å². The van der Waals surface area contributed by atoms with Gasteiger partial charge in [-0.25, -0.2) is 0 Å². The summed E-state index contributed by atoms with van der Waals surface area (Å²) < 4.78 is 0. The Morgan fingerprint density at radius 3 is 2.46 bits per heavy atom. The van der Waals surface area contributed by atoms with Gasteiger partial charge in [-0.1, -0.05) is 91.1 Å². The normalized spacial score (nSPS) is 17.8. The van der Waals surface area contributed by atoms with Crippen LogP contribution in [0.5, 0.6) is 0 Å². The average molecular weight is 543 g/mol. The number of rotatable bonds is 4. The van der Waals surface area contributed by atoms with Crippen molar-refractivity contribution in [2.45, 2.75) is 45.3 Å². The highest BCUT2D eigenvalue weighted by Crippen LogP contribution is 2.46. The van der Waals surface area contributed by atoms with Gasteiger partial charge in [-0.3, -0.25) is 0 Å². The summed E-state index contributed by atoms with van der Waals surface area (Å²) in [5, 5.41) is 8.51. The van der Waals surface area contributed by atoms with Crippen molar-refractivity contribution in [3.05, 3.63) is 134 Å². The van der Waals surface area contributed by atoms with E-state index in [-0.39, 0.29) is 0 Å². The molecule has 194 valence electrons. The number of benzene rings is 4. The lowest BCUT2D eigenvalue weighted by atomic mass is 9.91. The Labute approximate surface area is 241 Å². The molecule has 0 nitrogen and oxygen atoms in total. The number of thiol groups is 1. The Kier molecular flexibility index (Phi) is 7.42. The Balaban J connectivity index is 1.28. The second-order valence-corrected chi connectivity index (χ2v) is 12.3. The molecule has 0 bridgehead atoms. The quantitative estimate of drug-likeness (QED) is 0.152. The van der Waals surface area contributed by atoms with Crippen molar-refractivity contribution in [1.82, 2.24) is 0 Å². The zero-order valence-corrected chi connectivity index (χ0v) is 24.6. The Morgan fingerprint density at radius 2 is 1.64 bits per heavy atom. The molecule has 0 saturated carbocycles. The van der Waals surface area contributed by atoms with Gasteiger partial charge in [-0.2, -0.15) is 0 Å². The van der Waals surface area contributed by atoms with Crippen LogP contribution in [0.1, 0.15) is 53.7 Å². The van der Waals surface area contributed by atoms with Crippen LogP contribution >= 0.6 is 24.4 Å². The van der Waals surface area contributed by atoms with Crippen molar-refractivity contribution in [3.63, 3.8) is 0 Å². The van der Waals surface area contributed by atoms with Gasteiger partial charge >= 0.3 is 0 Å². The molecule has 2 heteroatoms. The Morgan fingerprint density at radius 1 is 0.872 bits per heavy atom. The summed E-state index contributed by atoms with van der Waals surface area (Å²) in [5.74, 6) is 0. The monoisotopic (exact) mass is 542 g/mol. The molecule has 1 atom stereocenters. The van der Waals surface area contributed by atoms with Crippen LogP contribution in [0.25, 0.3) is 39.3 Å². The summed E-state index contributed by atoms with van der Waals surface area (Å²) >= 11 is 6.92. The second kappa shape index (κ2) is 11.1. The average Bonchev–Trinajstić information content (AvgIpc) is 3.24. The minimum Gasteiger partial charge on any atom is -0.142 e. The molecule has 39 heavy (non-hydrogen) atoms. The van der Waals surface area contributed by atoms with Gasteiger partial charge in [-0.05, 0) is 112 Å². The molecule has 0 amide bonds. The fraction of sp³-hybridized carbons (Fsp3) is 0.189. The van der Waals surface area contributed by atoms with Gasteiger partial charge in [0.15, 0.2) is 0 Å². The zero-order chi connectivity index (χ0) is 26.9. The molecule has 1 unspecified atom stereocenters. The number of aryl methyl sites for hydroxylation is 2. The summed E-state index contributed by atoms with van der Waals surface area (Å²) in [6.45, 7) is 6.73. The largest absolute Gasteiger partial charge is 0.142 e. The number of allylic oxidation sites excluding steroid dienone is 6. The third-order valence-electron chi connectivity index (χ3n) is 8.16. The van der Waals surface area contributed by atoms with Crippen molar-refractivity contribution in [2.75, 3.05) is 0 Å². The van der Waals surface area contributed by atoms with E-state index in [0.29, 0.717) is 5.25 Å². The molecule has 0 fully saturated rings. The van der Waals surface area contributed by atoms with E-state index >= 15 is 0 Å². The summed E-state index contributed by atoms with van der Waals surface area (Å²) in [4.78, 5) is 2.32. The van der Waals surface area contributed by atoms with Crippen molar-refractivity contribution in [3.8, 4) is 0 Å². The predicted molar refractivity (Wildman–Crippen MR) is 178 cm³/mol. The highest BCUT2D eigenvalue weighted by Gasteiger charge is 2.20. The first-order chi connectivity index (χ1) is 19.0. The van der Waals surface area contributed by atoms with Crippen LogP contribution in [-0.2, 0) is 0 Å². The van der Waals surface area contributed by atoms with Gasteiger partial charge in [0.2, 0.25) is 0 Å². The minimum absolute atomic E-state index is 0.434. The highest BCUT2D eigenvalue weighted by atomic mass is 32.2. The highest BCUT2D eigenvalue weighted by molar-refractivity contribution is 8.04. The van der Waals surface area contributed by atoms with E-state index < -0.39 is 0 Å². The summed E-state index contributed by atoms with van der Waals surface area (Å²) in [6.07, 6.45) is 18.8. The fourth-order valence-electron chi connectivity index (χ4n) is 5.96. The first kappa shape index (κ1) is 26.0. The fourth-order valence-corrected chi connectivity index (χ4v) is 7.53. The van der Waals surface area contributed by atoms with Crippen LogP contribution in [0, 0.1) is 13.8 Å². The van der Waals surface area contributed by atoms with Crippen LogP contribution in [0.2, 0.25) is 0 Å². The maximum Gasteiger partial charge on any atom is 0.0348 e. The van der Waals surface area contributed by atoms with Crippen molar-refractivity contribution in [1.29, 1.82) is 0 Å².